The summed E-state index contributed by atoms with van der Waals surface area (Å²) in [6, 6.07) is 17.8. The van der Waals surface area contributed by atoms with Crippen molar-refractivity contribution in [3.05, 3.63) is 65.7 Å². The Balaban J connectivity index is 1.44. The van der Waals surface area contributed by atoms with E-state index in [0.29, 0.717) is 0 Å². The van der Waals surface area contributed by atoms with Crippen molar-refractivity contribution in [3.8, 4) is 0 Å². The molecule has 2 aromatic carbocycles. The molecule has 1 N–H and O–H groups in total. The minimum Gasteiger partial charge on any atom is -0.339 e. The van der Waals surface area contributed by atoms with Crippen LogP contribution < -0.4 is 5.32 Å². The van der Waals surface area contributed by atoms with Gasteiger partial charge in [0.1, 0.15) is 0 Å². The van der Waals surface area contributed by atoms with Crippen molar-refractivity contribution in [1.29, 1.82) is 0 Å². The summed E-state index contributed by atoms with van der Waals surface area (Å²) in [6.07, 6.45) is 0. The molecule has 160 valence electrons. The number of likely N-dealkylation sites (N-methyl/N-ethyl adjacent to an activating group) is 1. The highest BCUT2D eigenvalue weighted by Crippen LogP contribution is 2.12. The summed E-state index contributed by atoms with van der Waals surface area (Å²) in [5.41, 5.74) is 3.21. The molecule has 0 spiro atoms. The van der Waals surface area contributed by atoms with Gasteiger partial charge in [0.25, 0.3) is 0 Å². The third-order valence-corrected chi connectivity index (χ3v) is 5.68. The number of nitrogens with one attached hydrogen (secondary N) is 1. The summed E-state index contributed by atoms with van der Waals surface area (Å²) < 4.78 is 0. The van der Waals surface area contributed by atoms with Crippen LogP contribution in [0.15, 0.2) is 54.6 Å². The smallest absolute Gasteiger partial charge is 0.239 e. The van der Waals surface area contributed by atoms with E-state index in [1.807, 2.05) is 61.0 Å². The summed E-state index contributed by atoms with van der Waals surface area (Å²) in [5, 5.41) is 2.89. The molecule has 0 bridgehead atoms. The third-order valence-electron chi connectivity index (χ3n) is 5.68. The van der Waals surface area contributed by atoms with E-state index in [4.69, 9.17) is 0 Å². The number of nitrogens with zero attached hydrogens (tertiary/aromatic N) is 3. The second-order valence-electron chi connectivity index (χ2n) is 8.09. The van der Waals surface area contributed by atoms with Gasteiger partial charge in [-0.3, -0.25) is 19.4 Å². The monoisotopic (exact) mass is 408 g/mol. The number of carbonyl (C=O) groups excluding carboxylic acids is 2. The van der Waals surface area contributed by atoms with Crippen molar-refractivity contribution in [2.45, 2.75) is 26.4 Å². The Morgan fingerprint density at radius 2 is 1.63 bits per heavy atom. The maximum Gasteiger partial charge on any atom is 0.239 e. The van der Waals surface area contributed by atoms with E-state index < -0.39 is 0 Å². The van der Waals surface area contributed by atoms with E-state index in [-0.39, 0.29) is 24.4 Å². The quantitative estimate of drug-likeness (QED) is 0.765. The van der Waals surface area contributed by atoms with Crippen LogP contribution in [0.2, 0.25) is 0 Å². The number of hydrogen-bond donors (Lipinski definition) is 1. The van der Waals surface area contributed by atoms with E-state index in [1.54, 1.807) is 0 Å². The van der Waals surface area contributed by atoms with Gasteiger partial charge in [-0.2, -0.15) is 0 Å². The number of benzene rings is 2. The number of amides is 2. The van der Waals surface area contributed by atoms with E-state index in [9.17, 15) is 9.59 Å². The van der Waals surface area contributed by atoms with E-state index in [2.05, 4.69) is 34.5 Å². The average Bonchev–Trinajstić information content (AvgIpc) is 2.75. The molecule has 1 aliphatic rings. The molecule has 2 aromatic rings. The van der Waals surface area contributed by atoms with Gasteiger partial charge >= 0.3 is 0 Å². The third kappa shape index (κ3) is 6.15. The van der Waals surface area contributed by atoms with Gasteiger partial charge < -0.3 is 10.2 Å². The first-order chi connectivity index (χ1) is 14.4. The minimum absolute atomic E-state index is 0.0833. The lowest BCUT2D eigenvalue weighted by atomic mass is 10.2. The number of rotatable bonds is 7. The first kappa shape index (κ1) is 22.0. The number of piperazine rings is 1. The fourth-order valence-corrected chi connectivity index (χ4v) is 3.62. The predicted molar refractivity (Wildman–Crippen MR) is 120 cm³/mol. The van der Waals surface area contributed by atoms with E-state index >= 15 is 0 Å². The highest BCUT2D eigenvalue weighted by Gasteiger charge is 2.27. The molecular weight excluding hydrogens is 376 g/mol. The highest BCUT2D eigenvalue weighted by molar-refractivity contribution is 5.92. The first-order valence-electron chi connectivity index (χ1n) is 10.5. The zero-order valence-corrected chi connectivity index (χ0v) is 18.2. The number of hydrogen-bond acceptors (Lipinski definition) is 4. The normalized spacial score (nSPS) is 15.8. The predicted octanol–water partition coefficient (Wildman–Crippen LogP) is 2.60. The summed E-state index contributed by atoms with van der Waals surface area (Å²) in [6.45, 7) is 8.15. The Morgan fingerprint density at radius 1 is 1.00 bits per heavy atom. The van der Waals surface area contributed by atoms with Gasteiger partial charge in [0, 0.05) is 38.4 Å². The summed E-state index contributed by atoms with van der Waals surface area (Å²) >= 11 is 0. The number of carbonyl (C=O) groups is 2. The van der Waals surface area contributed by atoms with Gasteiger partial charge in [0.05, 0.1) is 12.6 Å². The SMILES string of the molecule is Cc1ccc(NC(=O)CN(C)[C@@H](C)C(=O)N2CCN(Cc3ccccc3)CC2)cc1. The molecule has 1 aliphatic heterocycles. The van der Waals surface area contributed by atoms with Crippen LogP contribution in [-0.4, -0.2) is 72.3 Å². The Kier molecular flexibility index (Phi) is 7.60. The van der Waals surface area contributed by atoms with Crippen LogP contribution in [0.1, 0.15) is 18.1 Å². The zero-order valence-electron chi connectivity index (χ0n) is 18.2. The van der Waals surface area contributed by atoms with Crippen LogP contribution in [0.5, 0.6) is 0 Å². The van der Waals surface area contributed by atoms with Crippen LogP contribution in [0.3, 0.4) is 0 Å². The molecule has 2 amide bonds. The van der Waals surface area contributed by atoms with E-state index in [1.165, 1.54) is 5.56 Å². The van der Waals surface area contributed by atoms with Crippen molar-refractivity contribution < 1.29 is 9.59 Å². The number of aryl methyl sites for hydroxylation is 1. The number of anilines is 1. The lowest BCUT2D eigenvalue weighted by molar-refractivity contribution is -0.138. The second kappa shape index (κ2) is 10.4. The van der Waals surface area contributed by atoms with Crippen LogP contribution in [0.4, 0.5) is 5.69 Å². The average molecular weight is 409 g/mol. The van der Waals surface area contributed by atoms with Gasteiger partial charge in [-0.25, -0.2) is 0 Å². The van der Waals surface area contributed by atoms with Crippen LogP contribution in [0.25, 0.3) is 0 Å². The fourth-order valence-electron chi connectivity index (χ4n) is 3.62. The summed E-state index contributed by atoms with van der Waals surface area (Å²) in [7, 11) is 1.82. The molecule has 1 saturated heterocycles. The second-order valence-corrected chi connectivity index (χ2v) is 8.09. The lowest BCUT2D eigenvalue weighted by Crippen LogP contribution is -2.54. The molecular formula is C24H32N4O2. The lowest BCUT2D eigenvalue weighted by Gasteiger charge is -2.37. The molecule has 6 heteroatoms. The van der Waals surface area contributed by atoms with E-state index in [0.717, 1.165) is 44.0 Å². The molecule has 0 saturated carbocycles. The Morgan fingerprint density at radius 3 is 2.27 bits per heavy atom. The van der Waals surface area contributed by atoms with Crippen molar-refractivity contribution in [1.82, 2.24) is 14.7 Å². The molecule has 0 aromatic heterocycles. The minimum atomic E-state index is -0.338. The molecule has 1 fully saturated rings. The van der Waals surface area contributed by atoms with Gasteiger partial charge in [0.2, 0.25) is 11.8 Å². The Bertz CT molecular complexity index is 830. The fraction of sp³-hybridized carbons (Fsp3) is 0.417. The first-order valence-corrected chi connectivity index (χ1v) is 10.5. The maximum atomic E-state index is 12.9. The maximum absolute atomic E-state index is 12.9. The van der Waals surface area contributed by atoms with Gasteiger partial charge in [-0.05, 0) is 38.6 Å². The van der Waals surface area contributed by atoms with Crippen LogP contribution >= 0.6 is 0 Å². The molecule has 1 heterocycles. The molecule has 3 rings (SSSR count). The zero-order chi connectivity index (χ0) is 21.5. The molecule has 30 heavy (non-hydrogen) atoms. The Labute approximate surface area is 179 Å². The van der Waals surface area contributed by atoms with Crippen molar-refractivity contribution in [2.75, 3.05) is 45.1 Å². The Hall–Kier alpha value is -2.70. The molecule has 6 nitrogen and oxygen atoms in total. The van der Waals surface area contributed by atoms with Crippen molar-refractivity contribution >= 4 is 17.5 Å². The van der Waals surface area contributed by atoms with Crippen LogP contribution in [0, 0.1) is 6.92 Å². The molecule has 1 atom stereocenters. The summed E-state index contributed by atoms with van der Waals surface area (Å²) in [4.78, 5) is 31.4. The molecule has 0 radical (unpaired) electrons. The standard InChI is InChI=1S/C24H32N4O2/c1-19-9-11-22(12-10-19)25-23(29)18-26(3)20(2)24(30)28-15-13-27(14-16-28)17-21-7-5-4-6-8-21/h4-12,20H,13-18H2,1-3H3,(H,25,29)/t20-/m0/s1. The molecule has 0 aliphatic carbocycles. The van der Waals surface area contributed by atoms with Gasteiger partial charge in [-0.1, -0.05) is 48.0 Å². The highest BCUT2D eigenvalue weighted by atomic mass is 16.2. The van der Waals surface area contributed by atoms with Crippen molar-refractivity contribution in [3.63, 3.8) is 0 Å². The van der Waals surface area contributed by atoms with Crippen molar-refractivity contribution in [2.24, 2.45) is 0 Å². The van der Waals surface area contributed by atoms with Gasteiger partial charge in [-0.15, -0.1) is 0 Å². The molecule has 0 unspecified atom stereocenters. The summed E-state index contributed by atoms with van der Waals surface area (Å²) in [5.74, 6) is -0.0336. The van der Waals surface area contributed by atoms with Crippen LogP contribution in [-0.2, 0) is 16.1 Å². The largest absolute Gasteiger partial charge is 0.339 e. The van der Waals surface area contributed by atoms with Gasteiger partial charge in [0.15, 0.2) is 0 Å². The topological polar surface area (TPSA) is 55.9 Å².